The monoisotopic (exact) mass is 316 g/mol. The molecule has 0 heterocycles. The Morgan fingerprint density at radius 1 is 0.615 bits per heavy atom. The van der Waals surface area contributed by atoms with Gasteiger partial charge in [-0.25, -0.2) is 0 Å². The SMILES string of the molecule is O=P([O-])([O-])[O-].O=P([O-])([O-])[O-].[K+].[K+].[Ti+4]. The summed E-state index contributed by atoms with van der Waals surface area (Å²) in [6.07, 6.45) is 0. The maximum atomic E-state index is 8.55. The summed E-state index contributed by atoms with van der Waals surface area (Å²) >= 11 is 0. The zero-order valence-corrected chi connectivity index (χ0v) is 16.3. The second-order valence-corrected chi connectivity index (χ2v) is 2.68. The molecule has 0 aromatic heterocycles. The van der Waals surface area contributed by atoms with Gasteiger partial charge in [0.1, 0.15) is 0 Å². The third-order valence-electron chi connectivity index (χ3n) is 0. The molecule has 0 bridgehead atoms. The average Bonchev–Trinajstić information content (AvgIpc) is 1.12. The van der Waals surface area contributed by atoms with Crippen molar-refractivity contribution in [2.45, 2.75) is 0 Å². The molecule has 64 valence electrons. The number of hydrogen-bond acceptors (Lipinski definition) is 8. The van der Waals surface area contributed by atoms with E-state index in [0.29, 0.717) is 0 Å². The van der Waals surface area contributed by atoms with Gasteiger partial charge in [-0.1, -0.05) is 0 Å². The summed E-state index contributed by atoms with van der Waals surface area (Å²) in [7, 11) is -10.8. The van der Waals surface area contributed by atoms with E-state index in [9.17, 15) is 0 Å². The molecule has 0 saturated heterocycles. The molecule has 0 atom stereocenters. The fourth-order valence-corrected chi connectivity index (χ4v) is 0. The first kappa shape index (κ1) is 30.3. The molecule has 0 aromatic rings. The quantitative estimate of drug-likeness (QED) is 0.313. The molecule has 0 rings (SSSR count). The van der Waals surface area contributed by atoms with Crippen molar-refractivity contribution in [1.82, 2.24) is 0 Å². The second-order valence-electron chi connectivity index (χ2n) is 0.894. The predicted octanol–water partition coefficient (Wildman–Crippen LogP) is -11.6. The molecule has 0 radical (unpaired) electrons. The van der Waals surface area contributed by atoms with Gasteiger partial charge in [0.05, 0.1) is 0 Å². The van der Waals surface area contributed by atoms with Gasteiger partial charge in [-0.3, -0.25) is 0 Å². The molecule has 0 aliphatic carbocycles. The molecular formula is K2O8P2Ti. The van der Waals surface area contributed by atoms with Crippen LogP contribution in [-0.4, -0.2) is 0 Å². The van der Waals surface area contributed by atoms with E-state index in [2.05, 4.69) is 0 Å². The Morgan fingerprint density at radius 2 is 0.615 bits per heavy atom. The summed E-state index contributed by atoms with van der Waals surface area (Å²) < 4.78 is 17.1. The molecule has 13 heteroatoms. The summed E-state index contributed by atoms with van der Waals surface area (Å²) in [4.78, 5) is 51.3. The van der Waals surface area contributed by atoms with E-state index in [1.54, 1.807) is 0 Å². The summed E-state index contributed by atoms with van der Waals surface area (Å²) in [5.74, 6) is 0. The van der Waals surface area contributed by atoms with Gasteiger partial charge in [0, 0.05) is 0 Å². The van der Waals surface area contributed by atoms with Crippen LogP contribution in [0.5, 0.6) is 0 Å². The summed E-state index contributed by atoms with van der Waals surface area (Å²) in [6.45, 7) is 0. The minimum absolute atomic E-state index is 0. The fraction of sp³-hybridized carbons (Fsp3) is 0. The number of rotatable bonds is 0. The third-order valence-corrected chi connectivity index (χ3v) is 0. The van der Waals surface area contributed by atoms with Crippen molar-refractivity contribution < 1.29 is 163 Å². The van der Waals surface area contributed by atoms with E-state index < -0.39 is 15.6 Å². The minimum atomic E-state index is -5.39. The van der Waals surface area contributed by atoms with Crippen molar-refractivity contribution in [1.29, 1.82) is 0 Å². The molecule has 8 nitrogen and oxygen atoms in total. The number of phosphoric acid groups is 2. The van der Waals surface area contributed by atoms with Gasteiger partial charge in [-0.2, -0.15) is 15.6 Å². The van der Waals surface area contributed by atoms with Crippen LogP contribution in [0, 0.1) is 0 Å². The van der Waals surface area contributed by atoms with Gasteiger partial charge in [0.25, 0.3) is 0 Å². The van der Waals surface area contributed by atoms with Gasteiger partial charge in [0.15, 0.2) is 0 Å². The fourth-order valence-electron chi connectivity index (χ4n) is 0. The van der Waals surface area contributed by atoms with E-state index in [4.69, 9.17) is 38.5 Å². The minimum Gasteiger partial charge on any atom is -0.822 e. The van der Waals surface area contributed by atoms with Crippen molar-refractivity contribution in [2.75, 3.05) is 0 Å². The van der Waals surface area contributed by atoms with Crippen LogP contribution in [-0.2, 0) is 30.8 Å². The van der Waals surface area contributed by atoms with Crippen LogP contribution in [0.4, 0.5) is 0 Å². The van der Waals surface area contributed by atoms with Gasteiger partial charge in [0.2, 0.25) is 0 Å². The maximum Gasteiger partial charge on any atom is 4.00 e. The van der Waals surface area contributed by atoms with Crippen LogP contribution < -0.4 is 132 Å². The Hall–Kier alpha value is 4.21. The summed E-state index contributed by atoms with van der Waals surface area (Å²) in [5, 5.41) is 0. The van der Waals surface area contributed by atoms with Crippen molar-refractivity contribution in [2.24, 2.45) is 0 Å². The Kier molecular flexibility index (Phi) is 33.3. The molecule has 0 aromatic carbocycles. The maximum absolute atomic E-state index is 8.55. The first-order valence-electron chi connectivity index (χ1n) is 1.46. The molecule has 0 amide bonds. The molecule has 0 aliphatic rings. The van der Waals surface area contributed by atoms with Gasteiger partial charge in [-0.05, 0) is 0 Å². The normalized spacial score (nSPS) is 9.08. The molecule has 0 unspecified atom stereocenters. The van der Waals surface area contributed by atoms with E-state index in [0.717, 1.165) is 0 Å². The first-order chi connectivity index (χ1) is 4.00. The van der Waals surface area contributed by atoms with Crippen LogP contribution in [0.15, 0.2) is 0 Å². The van der Waals surface area contributed by atoms with E-state index in [-0.39, 0.29) is 124 Å². The number of hydrogen-bond donors (Lipinski definition) is 0. The van der Waals surface area contributed by atoms with Gasteiger partial charge in [-0.15, -0.1) is 0 Å². The van der Waals surface area contributed by atoms with Crippen LogP contribution in [0.25, 0.3) is 0 Å². The van der Waals surface area contributed by atoms with Crippen molar-refractivity contribution in [3.63, 3.8) is 0 Å². The molecule has 0 fully saturated rings. The first-order valence-corrected chi connectivity index (χ1v) is 4.38. The smallest absolute Gasteiger partial charge is 0.822 e. The standard InChI is InChI=1S/2K.2H3O4P.Ti/c;;2*1-5(2,3)4;/h;;2*(H3,1,2,3,4);/q2*+1;;;+4/p-6. The zero-order valence-electron chi connectivity index (χ0n) is 6.66. The van der Waals surface area contributed by atoms with E-state index >= 15 is 0 Å². The Bertz CT molecular complexity index is 132. The second kappa shape index (κ2) is 14.3. The van der Waals surface area contributed by atoms with Gasteiger partial charge < -0.3 is 38.5 Å². The molecular weight excluding hydrogens is 316 g/mol. The molecule has 0 N–H and O–H groups in total. The molecule has 0 saturated carbocycles. The zero-order chi connectivity index (χ0) is 9.00. The van der Waals surface area contributed by atoms with Gasteiger partial charge >= 0.3 is 124 Å². The Balaban J connectivity index is -0.0000000267. The van der Waals surface area contributed by atoms with E-state index in [1.165, 1.54) is 0 Å². The largest absolute Gasteiger partial charge is 4.00 e. The molecule has 0 aliphatic heterocycles. The average molecular weight is 316 g/mol. The van der Waals surface area contributed by atoms with Crippen molar-refractivity contribution >= 4 is 15.6 Å². The van der Waals surface area contributed by atoms with E-state index in [1.807, 2.05) is 0 Å². The molecule has 13 heavy (non-hydrogen) atoms. The predicted molar refractivity (Wildman–Crippen MR) is 15.2 cm³/mol. The van der Waals surface area contributed by atoms with Crippen molar-refractivity contribution in [3.8, 4) is 0 Å². The van der Waals surface area contributed by atoms with Crippen LogP contribution in [0.2, 0.25) is 0 Å². The van der Waals surface area contributed by atoms with Crippen LogP contribution in [0.3, 0.4) is 0 Å². The van der Waals surface area contributed by atoms with Crippen LogP contribution in [0.1, 0.15) is 0 Å². The topological polar surface area (TPSA) is 172 Å². The van der Waals surface area contributed by atoms with Crippen LogP contribution >= 0.6 is 15.6 Å². The Morgan fingerprint density at radius 3 is 0.615 bits per heavy atom. The Labute approximate surface area is 174 Å². The summed E-state index contributed by atoms with van der Waals surface area (Å²) in [5.41, 5.74) is 0. The summed E-state index contributed by atoms with van der Waals surface area (Å²) in [6, 6.07) is 0. The van der Waals surface area contributed by atoms with Crippen molar-refractivity contribution in [3.05, 3.63) is 0 Å². The third kappa shape index (κ3) is 185. The molecule has 0 spiro atoms.